The van der Waals surface area contributed by atoms with Gasteiger partial charge in [0.05, 0.1) is 11.8 Å². The van der Waals surface area contributed by atoms with E-state index in [2.05, 4.69) is 0 Å². The molecule has 0 saturated carbocycles. The van der Waals surface area contributed by atoms with Gasteiger partial charge in [-0.05, 0) is 13.3 Å². The highest BCUT2D eigenvalue weighted by Crippen LogP contribution is 2.54. The summed E-state index contributed by atoms with van der Waals surface area (Å²) in [7, 11) is 0. The molecule has 5 heteroatoms. The van der Waals surface area contributed by atoms with Crippen LogP contribution in [-0.4, -0.2) is 24.0 Å². The molecule has 3 unspecified atom stereocenters. The van der Waals surface area contributed by atoms with Crippen LogP contribution in [0.15, 0.2) is 11.6 Å². The van der Waals surface area contributed by atoms with Gasteiger partial charge in [-0.3, -0.25) is 9.59 Å². The number of carbonyl (C=O) groups is 2. The summed E-state index contributed by atoms with van der Waals surface area (Å²) in [5.74, 6) is -2.03. The zero-order valence-corrected chi connectivity index (χ0v) is 10.0. The third kappa shape index (κ3) is 1.18. The molecule has 5 aliphatic rings. The zero-order valence-electron chi connectivity index (χ0n) is 10.0. The Balaban J connectivity index is 1.67. The number of carbonyl (C=O) groups excluding carboxylic acids is 2. The summed E-state index contributed by atoms with van der Waals surface area (Å²) < 4.78 is 16.2. The molecule has 0 aromatic heterocycles. The highest BCUT2D eigenvalue weighted by atomic mass is 16.9. The van der Waals surface area contributed by atoms with Gasteiger partial charge in [0.2, 0.25) is 0 Å². The minimum atomic E-state index is -0.539. The maximum atomic E-state index is 11.7. The van der Waals surface area contributed by atoms with E-state index in [0.717, 1.165) is 18.4 Å². The predicted octanol–water partition coefficient (Wildman–Crippen LogP) is 1.13. The van der Waals surface area contributed by atoms with Crippen molar-refractivity contribution in [3.05, 3.63) is 11.6 Å². The molecule has 4 heterocycles. The Morgan fingerprint density at radius 2 is 2.06 bits per heavy atom. The van der Waals surface area contributed by atoms with Crippen LogP contribution in [-0.2, 0) is 23.8 Å². The Kier molecular flexibility index (Phi) is 1.91. The molecular weight excluding hydrogens is 236 g/mol. The molecule has 1 aliphatic carbocycles. The fourth-order valence-electron chi connectivity index (χ4n) is 3.71. The molecule has 96 valence electrons. The van der Waals surface area contributed by atoms with Gasteiger partial charge in [-0.25, -0.2) is 0 Å². The third-order valence-corrected chi connectivity index (χ3v) is 4.58. The third-order valence-electron chi connectivity index (χ3n) is 4.58. The smallest absolute Gasteiger partial charge is 0.321 e. The number of rotatable bonds is 1. The molecule has 2 bridgehead atoms. The van der Waals surface area contributed by atoms with Crippen LogP contribution in [0.1, 0.15) is 26.2 Å². The summed E-state index contributed by atoms with van der Waals surface area (Å²) in [6, 6.07) is 0. The highest BCUT2D eigenvalue weighted by Gasteiger charge is 2.61. The lowest BCUT2D eigenvalue weighted by molar-refractivity contribution is -0.423. The van der Waals surface area contributed by atoms with Crippen LogP contribution < -0.4 is 0 Å². The SMILES string of the molecule is CC1=CC(C23CCC(O2)O3)CC2C(=O)OC(=O)C12. The van der Waals surface area contributed by atoms with E-state index in [4.69, 9.17) is 14.2 Å². The Bertz CT molecular complexity index is 468. The first-order chi connectivity index (χ1) is 8.59. The van der Waals surface area contributed by atoms with Crippen molar-refractivity contribution in [1.82, 2.24) is 0 Å². The van der Waals surface area contributed by atoms with E-state index in [1.54, 1.807) is 0 Å². The molecule has 4 aliphatic heterocycles. The number of esters is 2. The summed E-state index contributed by atoms with van der Waals surface area (Å²) in [6.07, 6.45) is 4.34. The average molecular weight is 250 g/mol. The van der Waals surface area contributed by atoms with E-state index >= 15 is 0 Å². The minimum absolute atomic E-state index is 0.0518. The van der Waals surface area contributed by atoms with E-state index in [1.165, 1.54) is 0 Å². The Hall–Kier alpha value is -1.20. The number of cyclic esters (lactones) is 2. The molecule has 4 fully saturated rings. The summed E-state index contributed by atoms with van der Waals surface area (Å²) in [6.45, 7) is 1.88. The van der Waals surface area contributed by atoms with Crippen LogP contribution >= 0.6 is 0 Å². The maximum absolute atomic E-state index is 11.7. The van der Waals surface area contributed by atoms with Crippen LogP contribution in [0.2, 0.25) is 0 Å². The lowest BCUT2D eigenvalue weighted by atomic mass is 9.73. The maximum Gasteiger partial charge on any atom is 0.321 e. The van der Waals surface area contributed by atoms with E-state index in [1.807, 2.05) is 13.0 Å². The normalized spacial score (nSPS) is 49.5. The molecule has 5 rings (SSSR count). The molecule has 0 N–H and O–H groups in total. The fraction of sp³-hybridized carbons (Fsp3) is 0.692. The summed E-state index contributed by atoms with van der Waals surface area (Å²) >= 11 is 0. The van der Waals surface area contributed by atoms with E-state index < -0.39 is 17.7 Å². The second-order valence-corrected chi connectivity index (χ2v) is 5.59. The lowest BCUT2D eigenvalue weighted by Gasteiger charge is -2.45. The lowest BCUT2D eigenvalue weighted by Crippen LogP contribution is -2.52. The van der Waals surface area contributed by atoms with Gasteiger partial charge >= 0.3 is 11.9 Å². The second kappa shape index (κ2) is 3.22. The molecular formula is C13H14O5. The monoisotopic (exact) mass is 250 g/mol. The van der Waals surface area contributed by atoms with E-state index in [-0.39, 0.29) is 24.0 Å². The van der Waals surface area contributed by atoms with Crippen LogP contribution in [0.5, 0.6) is 0 Å². The van der Waals surface area contributed by atoms with Gasteiger partial charge in [-0.15, -0.1) is 0 Å². The van der Waals surface area contributed by atoms with Gasteiger partial charge < -0.3 is 14.2 Å². The van der Waals surface area contributed by atoms with E-state index in [0.29, 0.717) is 6.42 Å². The fourth-order valence-corrected chi connectivity index (χ4v) is 3.71. The van der Waals surface area contributed by atoms with Crippen LogP contribution in [0.3, 0.4) is 0 Å². The van der Waals surface area contributed by atoms with Crippen molar-refractivity contribution < 1.29 is 23.8 Å². The van der Waals surface area contributed by atoms with Crippen LogP contribution in [0.25, 0.3) is 0 Å². The molecule has 0 radical (unpaired) electrons. The molecule has 0 spiro atoms. The van der Waals surface area contributed by atoms with Gasteiger partial charge in [0, 0.05) is 18.8 Å². The average Bonchev–Trinajstić information content (AvgIpc) is 2.92. The van der Waals surface area contributed by atoms with Crippen molar-refractivity contribution in [3.8, 4) is 0 Å². The molecule has 0 amide bonds. The first-order valence-corrected chi connectivity index (χ1v) is 6.38. The standard InChI is InChI=1S/C13H14O5/c1-6-4-7(13-3-2-9(17-13)18-13)5-8-10(6)12(15)16-11(8)14/h4,7-10H,2-3,5H2,1H3. The zero-order chi connectivity index (χ0) is 12.5. The van der Waals surface area contributed by atoms with Crippen molar-refractivity contribution in [2.24, 2.45) is 17.8 Å². The van der Waals surface area contributed by atoms with Crippen molar-refractivity contribution in [1.29, 1.82) is 0 Å². The Morgan fingerprint density at radius 1 is 1.28 bits per heavy atom. The predicted molar refractivity (Wildman–Crippen MR) is 57.9 cm³/mol. The molecule has 0 aromatic rings. The van der Waals surface area contributed by atoms with Crippen molar-refractivity contribution in [3.63, 3.8) is 0 Å². The highest BCUT2D eigenvalue weighted by molar-refractivity contribution is 5.98. The van der Waals surface area contributed by atoms with Gasteiger partial charge in [-0.2, -0.15) is 0 Å². The van der Waals surface area contributed by atoms with Gasteiger partial charge in [0.1, 0.15) is 0 Å². The Labute approximate surface area is 104 Å². The van der Waals surface area contributed by atoms with Crippen LogP contribution in [0, 0.1) is 17.8 Å². The number of fused-ring (bicyclic) bond motifs is 2. The molecule has 3 atom stereocenters. The number of ether oxygens (including phenoxy) is 3. The molecule has 0 aromatic carbocycles. The summed E-state index contributed by atoms with van der Waals surface area (Å²) in [5, 5.41) is 0. The van der Waals surface area contributed by atoms with Crippen molar-refractivity contribution in [2.45, 2.75) is 38.3 Å². The van der Waals surface area contributed by atoms with Gasteiger partial charge in [0.15, 0.2) is 12.1 Å². The number of hydrogen-bond donors (Lipinski definition) is 0. The first-order valence-electron chi connectivity index (χ1n) is 6.38. The summed E-state index contributed by atoms with van der Waals surface area (Å²) in [4.78, 5) is 23.3. The second-order valence-electron chi connectivity index (χ2n) is 5.59. The van der Waals surface area contributed by atoms with Gasteiger partial charge in [0.25, 0.3) is 0 Å². The topological polar surface area (TPSA) is 61.8 Å². The molecule has 4 saturated heterocycles. The summed E-state index contributed by atoms with van der Waals surface area (Å²) in [5.41, 5.74) is 0.907. The number of hydrogen-bond acceptors (Lipinski definition) is 5. The van der Waals surface area contributed by atoms with Crippen molar-refractivity contribution >= 4 is 11.9 Å². The Morgan fingerprint density at radius 3 is 2.72 bits per heavy atom. The molecule has 18 heavy (non-hydrogen) atoms. The van der Waals surface area contributed by atoms with Crippen molar-refractivity contribution in [2.75, 3.05) is 0 Å². The first kappa shape index (κ1) is 10.7. The van der Waals surface area contributed by atoms with Crippen LogP contribution in [0.4, 0.5) is 0 Å². The quantitative estimate of drug-likeness (QED) is 0.396. The van der Waals surface area contributed by atoms with E-state index in [9.17, 15) is 9.59 Å². The largest absolute Gasteiger partial charge is 0.392 e. The minimum Gasteiger partial charge on any atom is -0.392 e. The molecule has 5 nitrogen and oxygen atoms in total. The van der Waals surface area contributed by atoms with Gasteiger partial charge in [-0.1, -0.05) is 11.6 Å².